The fourth-order valence-electron chi connectivity index (χ4n) is 2.15. The van der Waals surface area contributed by atoms with Gasteiger partial charge in [0.2, 0.25) is 5.91 Å². The van der Waals surface area contributed by atoms with E-state index in [1.807, 2.05) is 0 Å². The predicted molar refractivity (Wildman–Crippen MR) is 94.0 cm³/mol. The maximum absolute atomic E-state index is 12.2. The third-order valence-electron chi connectivity index (χ3n) is 3.27. The summed E-state index contributed by atoms with van der Waals surface area (Å²) in [5.41, 5.74) is 5.86. The van der Waals surface area contributed by atoms with E-state index in [9.17, 15) is 14.4 Å². The van der Waals surface area contributed by atoms with Crippen molar-refractivity contribution in [2.45, 2.75) is 26.8 Å². The van der Waals surface area contributed by atoms with Crippen LogP contribution in [0.5, 0.6) is 0 Å². The van der Waals surface area contributed by atoms with E-state index >= 15 is 0 Å². The lowest BCUT2D eigenvalue weighted by molar-refractivity contribution is -0.116. The van der Waals surface area contributed by atoms with Crippen LogP contribution >= 0.6 is 22.9 Å². The Hall–Kier alpha value is -2.39. The van der Waals surface area contributed by atoms with Crippen LogP contribution < -0.4 is 11.1 Å². The monoisotopic (exact) mass is 384 g/mol. The number of aromatic nitrogens is 2. The molecule has 0 unspecified atom stereocenters. The van der Waals surface area contributed by atoms with Crippen LogP contribution in [-0.2, 0) is 16.1 Å². The van der Waals surface area contributed by atoms with Crippen LogP contribution in [0.3, 0.4) is 0 Å². The fraction of sp³-hybridized carbons (Fsp3) is 0.333. The van der Waals surface area contributed by atoms with Gasteiger partial charge in [0.15, 0.2) is 0 Å². The minimum Gasteiger partial charge on any atom is -0.462 e. The third kappa shape index (κ3) is 4.58. The lowest BCUT2D eigenvalue weighted by atomic mass is 10.1. The number of rotatable bonds is 7. The van der Waals surface area contributed by atoms with Crippen molar-refractivity contribution in [1.29, 1.82) is 0 Å². The second-order valence-electron chi connectivity index (χ2n) is 5.06. The Balaban J connectivity index is 2.16. The van der Waals surface area contributed by atoms with Gasteiger partial charge >= 0.3 is 5.97 Å². The van der Waals surface area contributed by atoms with Gasteiger partial charge in [-0.2, -0.15) is 5.10 Å². The number of halogens is 1. The van der Waals surface area contributed by atoms with Crippen LogP contribution in [0.15, 0.2) is 12.4 Å². The first-order valence-corrected chi connectivity index (χ1v) is 8.61. The summed E-state index contributed by atoms with van der Waals surface area (Å²) in [5.74, 6) is -1.62. The molecule has 0 saturated heterocycles. The maximum Gasteiger partial charge on any atom is 0.341 e. The first-order chi connectivity index (χ1) is 11.8. The molecule has 25 heavy (non-hydrogen) atoms. The van der Waals surface area contributed by atoms with E-state index in [1.54, 1.807) is 20.0 Å². The standard InChI is InChI=1S/C15H17ClN4O4S/c1-3-24-15(23)11-8(2)12(13(17)22)25-14(11)19-10(21)4-5-20-7-9(16)6-18-20/h6-7H,3-5H2,1-2H3,(H2,17,22)(H,19,21). The van der Waals surface area contributed by atoms with Crippen molar-refractivity contribution >= 4 is 45.7 Å². The number of aryl methyl sites for hydroxylation is 1. The number of carbonyl (C=O) groups excluding carboxylic acids is 3. The first-order valence-electron chi connectivity index (χ1n) is 7.41. The number of esters is 1. The molecule has 0 fully saturated rings. The zero-order valence-electron chi connectivity index (χ0n) is 13.7. The Labute approximate surface area is 152 Å². The summed E-state index contributed by atoms with van der Waals surface area (Å²) >= 11 is 6.71. The number of carbonyl (C=O) groups is 3. The molecule has 3 N–H and O–H groups in total. The number of nitrogens with two attached hydrogens (primary N) is 1. The van der Waals surface area contributed by atoms with Gasteiger partial charge < -0.3 is 15.8 Å². The average Bonchev–Trinajstić information content (AvgIpc) is 3.09. The van der Waals surface area contributed by atoms with Gasteiger partial charge in [0.25, 0.3) is 5.91 Å². The second-order valence-corrected chi connectivity index (χ2v) is 6.52. The van der Waals surface area contributed by atoms with Crippen LogP contribution in [0.25, 0.3) is 0 Å². The number of thiophene rings is 1. The zero-order chi connectivity index (χ0) is 18.6. The highest BCUT2D eigenvalue weighted by molar-refractivity contribution is 7.18. The molecule has 134 valence electrons. The van der Waals surface area contributed by atoms with Gasteiger partial charge in [0, 0.05) is 19.2 Å². The largest absolute Gasteiger partial charge is 0.462 e. The van der Waals surface area contributed by atoms with E-state index in [-0.39, 0.29) is 34.4 Å². The molecule has 2 amide bonds. The fourth-order valence-corrected chi connectivity index (χ4v) is 3.37. The quantitative estimate of drug-likeness (QED) is 0.710. The maximum atomic E-state index is 12.2. The minimum atomic E-state index is -0.667. The molecule has 0 bridgehead atoms. The topological polar surface area (TPSA) is 116 Å². The number of hydrogen-bond donors (Lipinski definition) is 2. The highest BCUT2D eigenvalue weighted by Gasteiger charge is 2.25. The molecule has 2 rings (SSSR count). The lowest BCUT2D eigenvalue weighted by Crippen LogP contribution is -2.16. The molecule has 8 nitrogen and oxygen atoms in total. The van der Waals surface area contributed by atoms with E-state index in [1.165, 1.54) is 10.9 Å². The van der Waals surface area contributed by atoms with Crippen molar-refractivity contribution in [3.8, 4) is 0 Å². The zero-order valence-corrected chi connectivity index (χ0v) is 15.2. The van der Waals surface area contributed by atoms with Crippen LogP contribution in [0, 0.1) is 6.92 Å². The summed E-state index contributed by atoms with van der Waals surface area (Å²) in [6.07, 6.45) is 3.18. The van der Waals surface area contributed by atoms with Crippen LogP contribution in [-0.4, -0.2) is 34.2 Å². The van der Waals surface area contributed by atoms with Gasteiger partial charge in [-0.15, -0.1) is 11.3 Å². The number of primary amides is 1. The molecule has 10 heteroatoms. The predicted octanol–water partition coefficient (Wildman–Crippen LogP) is 2.21. The summed E-state index contributed by atoms with van der Waals surface area (Å²) in [6.45, 7) is 3.75. The molecule has 0 aliphatic carbocycles. The van der Waals surface area contributed by atoms with E-state index in [0.29, 0.717) is 17.1 Å². The second kappa shape index (κ2) is 8.13. The molecular formula is C15H17ClN4O4S. The van der Waals surface area contributed by atoms with Crippen molar-refractivity contribution in [3.63, 3.8) is 0 Å². The molecular weight excluding hydrogens is 368 g/mol. The molecule has 2 aromatic heterocycles. The summed E-state index contributed by atoms with van der Waals surface area (Å²) in [7, 11) is 0. The Kier molecular flexibility index (Phi) is 6.16. The van der Waals surface area contributed by atoms with Crippen molar-refractivity contribution in [2.75, 3.05) is 11.9 Å². The Morgan fingerprint density at radius 3 is 2.72 bits per heavy atom. The van der Waals surface area contributed by atoms with Gasteiger partial charge in [-0.1, -0.05) is 11.6 Å². The highest BCUT2D eigenvalue weighted by Crippen LogP contribution is 2.33. The van der Waals surface area contributed by atoms with Crippen molar-refractivity contribution in [1.82, 2.24) is 9.78 Å². The number of nitrogens with one attached hydrogen (secondary N) is 1. The number of ether oxygens (including phenoxy) is 1. The average molecular weight is 385 g/mol. The highest BCUT2D eigenvalue weighted by atomic mass is 35.5. The third-order valence-corrected chi connectivity index (χ3v) is 4.69. The molecule has 0 saturated carbocycles. The van der Waals surface area contributed by atoms with Gasteiger partial charge in [0.1, 0.15) is 5.00 Å². The van der Waals surface area contributed by atoms with Crippen molar-refractivity contribution in [3.05, 3.63) is 33.4 Å². The molecule has 2 heterocycles. The molecule has 0 aliphatic rings. The summed E-state index contributed by atoms with van der Waals surface area (Å²) < 4.78 is 6.52. The number of nitrogens with zero attached hydrogens (tertiary/aromatic N) is 2. The molecule has 0 aliphatic heterocycles. The molecule has 0 radical (unpaired) electrons. The minimum absolute atomic E-state index is 0.114. The van der Waals surface area contributed by atoms with Crippen LogP contribution in [0.1, 0.15) is 38.9 Å². The van der Waals surface area contributed by atoms with Gasteiger partial charge in [-0.3, -0.25) is 14.3 Å². The van der Waals surface area contributed by atoms with Gasteiger partial charge in [-0.25, -0.2) is 4.79 Å². The lowest BCUT2D eigenvalue weighted by Gasteiger charge is -2.07. The van der Waals surface area contributed by atoms with Crippen LogP contribution in [0.4, 0.5) is 5.00 Å². The van der Waals surface area contributed by atoms with Crippen LogP contribution in [0.2, 0.25) is 5.02 Å². The molecule has 2 aromatic rings. The summed E-state index contributed by atoms with van der Waals surface area (Å²) in [4.78, 5) is 36.0. The Bertz CT molecular complexity index is 815. The smallest absolute Gasteiger partial charge is 0.341 e. The van der Waals surface area contributed by atoms with Crippen molar-refractivity contribution < 1.29 is 19.1 Å². The van der Waals surface area contributed by atoms with E-state index in [0.717, 1.165) is 11.3 Å². The van der Waals surface area contributed by atoms with E-state index in [4.69, 9.17) is 22.1 Å². The SMILES string of the molecule is CCOC(=O)c1c(NC(=O)CCn2cc(Cl)cn2)sc(C(N)=O)c1C. The van der Waals surface area contributed by atoms with Crippen molar-refractivity contribution in [2.24, 2.45) is 5.73 Å². The molecule has 0 aromatic carbocycles. The number of amides is 2. The van der Waals surface area contributed by atoms with Gasteiger partial charge in [-0.05, 0) is 19.4 Å². The Morgan fingerprint density at radius 2 is 2.16 bits per heavy atom. The number of anilines is 1. The normalized spacial score (nSPS) is 10.5. The van der Waals surface area contributed by atoms with E-state index in [2.05, 4.69) is 10.4 Å². The number of hydrogen-bond acceptors (Lipinski definition) is 6. The first kappa shape index (κ1) is 18.9. The molecule has 0 atom stereocenters. The van der Waals surface area contributed by atoms with E-state index < -0.39 is 11.9 Å². The molecule has 0 spiro atoms. The summed E-state index contributed by atoms with van der Waals surface area (Å²) in [6, 6.07) is 0. The Morgan fingerprint density at radius 1 is 1.44 bits per heavy atom. The van der Waals surface area contributed by atoms with Gasteiger partial charge in [0.05, 0.1) is 28.3 Å². The summed E-state index contributed by atoms with van der Waals surface area (Å²) in [5, 5.41) is 7.34.